The fourth-order valence-electron chi connectivity index (χ4n) is 3.50. The van der Waals surface area contributed by atoms with Crippen molar-refractivity contribution in [1.82, 2.24) is 5.32 Å². The summed E-state index contributed by atoms with van der Waals surface area (Å²) < 4.78 is 5.38. The molecular weight excluding hydrogens is 346 g/mol. The van der Waals surface area contributed by atoms with E-state index in [0.717, 1.165) is 11.3 Å². The van der Waals surface area contributed by atoms with Crippen LogP contribution < -0.4 is 10.1 Å². The Kier molecular flexibility index (Phi) is 6.49. The van der Waals surface area contributed by atoms with E-state index in [1.807, 2.05) is 60.7 Å². The Bertz CT molecular complexity index is 851. The SMILES string of the molecule is COc1ccccc1CCC(=O)NCC(C)(c1ccccc1)c1ccccc1. The maximum absolute atomic E-state index is 12.6. The van der Waals surface area contributed by atoms with Gasteiger partial charge in [0, 0.05) is 18.4 Å². The number of rotatable bonds is 8. The molecule has 0 aromatic heterocycles. The molecule has 3 heteroatoms. The predicted octanol–water partition coefficient (Wildman–Crippen LogP) is 4.75. The molecule has 0 atom stereocenters. The number of hydrogen-bond acceptors (Lipinski definition) is 2. The zero-order valence-corrected chi connectivity index (χ0v) is 16.5. The second-order valence-corrected chi connectivity index (χ2v) is 7.15. The molecule has 0 bridgehead atoms. The molecule has 0 heterocycles. The molecule has 1 N–H and O–H groups in total. The summed E-state index contributed by atoms with van der Waals surface area (Å²) in [5.41, 5.74) is 3.13. The molecule has 0 aliphatic heterocycles. The average molecular weight is 373 g/mol. The first-order valence-electron chi connectivity index (χ1n) is 9.63. The van der Waals surface area contributed by atoms with Crippen molar-refractivity contribution in [2.24, 2.45) is 0 Å². The highest BCUT2D eigenvalue weighted by atomic mass is 16.5. The summed E-state index contributed by atoms with van der Waals surface area (Å²) in [6.45, 7) is 2.73. The lowest BCUT2D eigenvalue weighted by Gasteiger charge is -2.31. The van der Waals surface area contributed by atoms with Crippen molar-refractivity contribution in [2.45, 2.75) is 25.2 Å². The number of benzene rings is 3. The van der Waals surface area contributed by atoms with Crippen LogP contribution >= 0.6 is 0 Å². The topological polar surface area (TPSA) is 38.3 Å². The standard InChI is InChI=1S/C25H27NO2/c1-25(21-12-5-3-6-13-21,22-14-7-4-8-15-22)19-26-24(27)18-17-20-11-9-10-16-23(20)28-2/h3-16H,17-19H2,1-2H3,(H,26,27). The van der Waals surface area contributed by atoms with Crippen LogP contribution in [0.1, 0.15) is 30.0 Å². The highest BCUT2D eigenvalue weighted by molar-refractivity contribution is 5.76. The molecule has 3 nitrogen and oxygen atoms in total. The molecule has 3 aromatic rings. The van der Waals surface area contributed by atoms with Gasteiger partial charge in [-0.25, -0.2) is 0 Å². The van der Waals surface area contributed by atoms with Gasteiger partial charge in [-0.2, -0.15) is 0 Å². The summed E-state index contributed by atoms with van der Waals surface area (Å²) >= 11 is 0. The Morgan fingerprint density at radius 3 is 1.96 bits per heavy atom. The molecule has 0 saturated heterocycles. The summed E-state index contributed by atoms with van der Waals surface area (Å²) in [6.07, 6.45) is 1.09. The molecular formula is C25H27NO2. The third kappa shape index (κ3) is 4.61. The van der Waals surface area contributed by atoms with Crippen molar-refractivity contribution in [3.05, 3.63) is 102 Å². The number of para-hydroxylation sites is 1. The van der Waals surface area contributed by atoms with Crippen molar-refractivity contribution >= 4 is 5.91 Å². The van der Waals surface area contributed by atoms with Crippen LogP contribution in [-0.4, -0.2) is 19.6 Å². The van der Waals surface area contributed by atoms with E-state index < -0.39 is 0 Å². The van der Waals surface area contributed by atoms with Gasteiger partial charge in [0.15, 0.2) is 0 Å². The van der Waals surface area contributed by atoms with E-state index >= 15 is 0 Å². The highest BCUT2D eigenvalue weighted by Crippen LogP contribution is 2.31. The minimum atomic E-state index is -0.289. The molecule has 0 spiro atoms. The van der Waals surface area contributed by atoms with Crippen LogP contribution in [0.5, 0.6) is 5.75 Å². The highest BCUT2D eigenvalue weighted by Gasteiger charge is 2.29. The molecule has 0 saturated carbocycles. The van der Waals surface area contributed by atoms with Gasteiger partial charge in [0.05, 0.1) is 7.11 Å². The molecule has 0 aliphatic carbocycles. The van der Waals surface area contributed by atoms with Gasteiger partial charge in [-0.1, -0.05) is 78.9 Å². The van der Waals surface area contributed by atoms with Crippen LogP contribution in [0.2, 0.25) is 0 Å². The van der Waals surface area contributed by atoms with Crippen molar-refractivity contribution in [2.75, 3.05) is 13.7 Å². The third-order valence-corrected chi connectivity index (χ3v) is 5.27. The first-order valence-corrected chi connectivity index (χ1v) is 9.63. The van der Waals surface area contributed by atoms with Crippen molar-refractivity contribution in [3.8, 4) is 5.75 Å². The fourth-order valence-corrected chi connectivity index (χ4v) is 3.50. The van der Waals surface area contributed by atoms with Crippen LogP contribution in [-0.2, 0) is 16.6 Å². The van der Waals surface area contributed by atoms with E-state index in [9.17, 15) is 4.79 Å². The third-order valence-electron chi connectivity index (χ3n) is 5.27. The molecule has 28 heavy (non-hydrogen) atoms. The average Bonchev–Trinajstić information content (AvgIpc) is 2.77. The lowest BCUT2D eigenvalue weighted by molar-refractivity contribution is -0.121. The quantitative estimate of drug-likeness (QED) is 0.619. The van der Waals surface area contributed by atoms with Crippen molar-refractivity contribution < 1.29 is 9.53 Å². The maximum atomic E-state index is 12.6. The molecule has 0 fully saturated rings. The minimum Gasteiger partial charge on any atom is -0.496 e. The number of carbonyl (C=O) groups excluding carboxylic acids is 1. The summed E-state index contributed by atoms with van der Waals surface area (Å²) in [5, 5.41) is 3.15. The van der Waals surface area contributed by atoms with Gasteiger partial charge in [-0.3, -0.25) is 4.79 Å². The molecule has 1 amide bonds. The Balaban J connectivity index is 1.69. The van der Waals surface area contributed by atoms with Gasteiger partial charge in [0.1, 0.15) is 5.75 Å². The van der Waals surface area contributed by atoms with Crippen LogP contribution in [0.15, 0.2) is 84.9 Å². The number of aryl methyl sites for hydroxylation is 1. The number of nitrogens with one attached hydrogen (secondary N) is 1. The Morgan fingerprint density at radius 1 is 0.857 bits per heavy atom. The second-order valence-electron chi connectivity index (χ2n) is 7.15. The second kappa shape index (κ2) is 9.23. The summed E-state index contributed by atoms with van der Waals surface area (Å²) in [6, 6.07) is 28.5. The van der Waals surface area contributed by atoms with Crippen LogP contribution in [0.25, 0.3) is 0 Å². The van der Waals surface area contributed by atoms with Gasteiger partial charge in [-0.05, 0) is 36.1 Å². The van der Waals surface area contributed by atoms with E-state index in [2.05, 4.69) is 36.5 Å². The van der Waals surface area contributed by atoms with E-state index in [1.54, 1.807) is 7.11 Å². The Labute approximate surface area is 167 Å². The maximum Gasteiger partial charge on any atom is 0.220 e. The van der Waals surface area contributed by atoms with Crippen LogP contribution in [0, 0.1) is 0 Å². The van der Waals surface area contributed by atoms with E-state index in [-0.39, 0.29) is 11.3 Å². The molecule has 0 unspecified atom stereocenters. The molecule has 0 aliphatic rings. The van der Waals surface area contributed by atoms with E-state index in [4.69, 9.17) is 4.74 Å². The first kappa shape index (κ1) is 19.7. The van der Waals surface area contributed by atoms with Crippen molar-refractivity contribution in [1.29, 1.82) is 0 Å². The van der Waals surface area contributed by atoms with Crippen molar-refractivity contribution in [3.63, 3.8) is 0 Å². The Morgan fingerprint density at radius 2 is 1.39 bits per heavy atom. The lowest BCUT2D eigenvalue weighted by Crippen LogP contribution is -2.39. The van der Waals surface area contributed by atoms with E-state index in [0.29, 0.717) is 19.4 Å². The monoisotopic (exact) mass is 373 g/mol. The summed E-state index contributed by atoms with van der Waals surface area (Å²) in [4.78, 5) is 12.6. The fraction of sp³-hybridized carbons (Fsp3) is 0.240. The summed E-state index contributed by atoms with van der Waals surface area (Å²) in [7, 11) is 1.66. The van der Waals surface area contributed by atoms with Gasteiger partial charge >= 0.3 is 0 Å². The first-order chi connectivity index (χ1) is 13.6. The zero-order chi connectivity index (χ0) is 19.8. The lowest BCUT2D eigenvalue weighted by atomic mass is 9.76. The van der Waals surface area contributed by atoms with Gasteiger partial charge in [0.25, 0.3) is 0 Å². The molecule has 3 aromatic carbocycles. The minimum absolute atomic E-state index is 0.0454. The number of amides is 1. The zero-order valence-electron chi connectivity index (χ0n) is 16.5. The number of ether oxygens (including phenoxy) is 1. The largest absolute Gasteiger partial charge is 0.496 e. The normalized spacial score (nSPS) is 11.1. The van der Waals surface area contributed by atoms with Crippen LogP contribution in [0.4, 0.5) is 0 Å². The summed E-state index contributed by atoms with van der Waals surface area (Å²) in [5.74, 6) is 0.873. The van der Waals surface area contributed by atoms with Gasteiger partial charge in [-0.15, -0.1) is 0 Å². The number of hydrogen-bond donors (Lipinski definition) is 1. The van der Waals surface area contributed by atoms with E-state index in [1.165, 1.54) is 11.1 Å². The van der Waals surface area contributed by atoms with Gasteiger partial charge in [0.2, 0.25) is 5.91 Å². The Hall–Kier alpha value is -3.07. The van der Waals surface area contributed by atoms with Crippen LogP contribution in [0.3, 0.4) is 0 Å². The molecule has 3 rings (SSSR count). The number of methoxy groups -OCH3 is 1. The number of carbonyl (C=O) groups is 1. The smallest absolute Gasteiger partial charge is 0.220 e. The van der Waals surface area contributed by atoms with Gasteiger partial charge < -0.3 is 10.1 Å². The molecule has 0 radical (unpaired) electrons. The predicted molar refractivity (Wildman–Crippen MR) is 114 cm³/mol. The molecule has 144 valence electrons.